The molecule has 3 heterocycles. The molecular weight excluding hydrogens is 494 g/mol. The number of hydrogen-bond donors (Lipinski definition) is 0. The number of alkyl halides is 3. The third kappa shape index (κ3) is 3.24. The minimum Gasteiger partial charge on any atom is -0.279 e. The molecule has 0 amide bonds. The van der Waals surface area contributed by atoms with Gasteiger partial charge in [-0.25, -0.2) is 4.79 Å². The Balaban J connectivity index is 1.96. The van der Waals surface area contributed by atoms with Crippen LogP contribution in [0.1, 0.15) is 5.56 Å². The van der Waals surface area contributed by atoms with Crippen LogP contribution >= 0.6 is 23.2 Å². The van der Waals surface area contributed by atoms with Gasteiger partial charge in [0.05, 0.1) is 16.3 Å². The topological polar surface area (TPSA) is 66.2 Å². The van der Waals surface area contributed by atoms with Gasteiger partial charge in [0.15, 0.2) is 11.2 Å². The predicted octanol–water partition coefficient (Wildman–Crippen LogP) is 4.67. The minimum absolute atomic E-state index is 0.0941. The Morgan fingerprint density at radius 2 is 1.71 bits per heavy atom. The van der Waals surface area contributed by atoms with Crippen molar-refractivity contribution < 1.29 is 13.2 Å². The zero-order valence-electron chi connectivity index (χ0n) is 17.6. The third-order valence-corrected chi connectivity index (χ3v) is 6.15. The molecule has 0 N–H and O–H groups in total. The lowest BCUT2D eigenvalue weighted by Gasteiger charge is -2.13. The number of aryl methyl sites for hydroxylation is 1. The molecule has 7 nitrogen and oxygen atoms in total. The summed E-state index contributed by atoms with van der Waals surface area (Å²) in [5.74, 6) is 0.133. The summed E-state index contributed by atoms with van der Waals surface area (Å²) in [5.41, 5.74) is -0.864. The molecule has 0 bridgehead atoms. The third-order valence-electron chi connectivity index (χ3n) is 5.60. The molecule has 0 unspecified atom stereocenters. The Hall–Kier alpha value is -3.50. The number of nitrogens with zero attached hydrogens (tertiary/aromatic N) is 5. The summed E-state index contributed by atoms with van der Waals surface area (Å²) in [6.07, 6.45) is -3.02. The molecule has 2 aromatic carbocycles. The number of rotatable bonds is 2. The molecule has 34 heavy (non-hydrogen) atoms. The highest BCUT2D eigenvalue weighted by atomic mass is 35.5. The molecule has 0 saturated heterocycles. The summed E-state index contributed by atoms with van der Waals surface area (Å²) < 4.78 is 45.4. The maximum atomic E-state index is 13.5. The molecule has 0 radical (unpaired) electrons. The molecule has 0 atom stereocenters. The highest BCUT2D eigenvalue weighted by Gasteiger charge is 2.31. The van der Waals surface area contributed by atoms with Gasteiger partial charge in [0.2, 0.25) is 5.78 Å². The van der Waals surface area contributed by atoms with Crippen LogP contribution < -0.4 is 11.2 Å². The second-order valence-corrected chi connectivity index (χ2v) is 8.53. The van der Waals surface area contributed by atoms with Gasteiger partial charge >= 0.3 is 11.9 Å². The molecule has 0 saturated carbocycles. The van der Waals surface area contributed by atoms with E-state index in [1.807, 2.05) is 0 Å². The molecule has 0 fully saturated rings. The average Bonchev–Trinajstić information content (AvgIpc) is 3.32. The van der Waals surface area contributed by atoms with Crippen LogP contribution in [0.2, 0.25) is 10.0 Å². The lowest BCUT2D eigenvalue weighted by Crippen LogP contribution is -2.37. The smallest absolute Gasteiger partial charge is 0.279 e. The van der Waals surface area contributed by atoms with Crippen molar-refractivity contribution in [3.63, 3.8) is 0 Å². The van der Waals surface area contributed by atoms with Crippen molar-refractivity contribution >= 4 is 40.1 Å². The average molecular weight is 508 g/mol. The van der Waals surface area contributed by atoms with E-state index >= 15 is 0 Å². The summed E-state index contributed by atoms with van der Waals surface area (Å²) in [6, 6.07) is 9.42. The Bertz CT molecular complexity index is 1740. The van der Waals surface area contributed by atoms with E-state index in [0.29, 0.717) is 16.3 Å². The largest absolute Gasteiger partial charge is 0.416 e. The Kier molecular flexibility index (Phi) is 4.92. The highest BCUT2D eigenvalue weighted by molar-refractivity contribution is 6.36. The van der Waals surface area contributed by atoms with Crippen molar-refractivity contribution in [2.45, 2.75) is 6.18 Å². The fourth-order valence-electron chi connectivity index (χ4n) is 3.93. The lowest BCUT2D eigenvalue weighted by molar-refractivity contribution is -0.137. The number of benzene rings is 2. The first-order chi connectivity index (χ1) is 16.0. The molecule has 3 aromatic heterocycles. The van der Waals surface area contributed by atoms with E-state index in [-0.39, 0.29) is 27.7 Å². The number of imidazole rings is 2. The van der Waals surface area contributed by atoms with Crippen LogP contribution in [0.4, 0.5) is 13.2 Å². The molecule has 5 rings (SSSR count). The summed E-state index contributed by atoms with van der Waals surface area (Å²) in [4.78, 5) is 29.8. The maximum absolute atomic E-state index is 13.5. The summed E-state index contributed by atoms with van der Waals surface area (Å²) in [6.45, 7) is 0. The van der Waals surface area contributed by atoms with Gasteiger partial charge in [0.1, 0.15) is 0 Å². The van der Waals surface area contributed by atoms with Gasteiger partial charge in [0, 0.05) is 36.6 Å². The minimum atomic E-state index is -4.57. The molecule has 174 valence electrons. The van der Waals surface area contributed by atoms with E-state index in [2.05, 4.69) is 4.98 Å². The first-order valence-corrected chi connectivity index (χ1v) is 10.6. The lowest BCUT2D eigenvalue weighted by atomic mass is 10.1. The second-order valence-electron chi connectivity index (χ2n) is 7.68. The van der Waals surface area contributed by atoms with Crippen LogP contribution in [0.25, 0.3) is 33.9 Å². The number of fused-ring (bicyclic) bond motifs is 3. The first kappa shape index (κ1) is 22.3. The second kappa shape index (κ2) is 7.51. The zero-order valence-corrected chi connectivity index (χ0v) is 19.1. The summed E-state index contributed by atoms with van der Waals surface area (Å²) >= 11 is 12.5. The van der Waals surface area contributed by atoms with Crippen molar-refractivity contribution in [3.8, 4) is 16.9 Å². The normalized spacial score (nSPS) is 12.2. The fourth-order valence-corrected chi connectivity index (χ4v) is 4.44. The van der Waals surface area contributed by atoms with Crippen LogP contribution in [0.5, 0.6) is 0 Å². The van der Waals surface area contributed by atoms with Crippen molar-refractivity contribution in [3.05, 3.63) is 85.1 Å². The van der Waals surface area contributed by atoms with E-state index in [9.17, 15) is 22.8 Å². The van der Waals surface area contributed by atoms with E-state index in [4.69, 9.17) is 23.2 Å². The Morgan fingerprint density at radius 1 is 0.971 bits per heavy atom. The van der Waals surface area contributed by atoms with Gasteiger partial charge in [0.25, 0.3) is 5.56 Å². The summed E-state index contributed by atoms with van der Waals surface area (Å²) in [5, 5.41) is 0.635. The predicted molar refractivity (Wildman–Crippen MR) is 123 cm³/mol. The van der Waals surface area contributed by atoms with Gasteiger partial charge in [-0.2, -0.15) is 18.2 Å². The van der Waals surface area contributed by atoms with Crippen LogP contribution in [-0.4, -0.2) is 23.1 Å². The fraction of sp³-hybridized carbons (Fsp3) is 0.136. The molecule has 0 spiro atoms. The molecule has 0 aliphatic rings. The van der Waals surface area contributed by atoms with Gasteiger partial charge < -0.3 is 0 Å². The van der Waals surface area contributed by atoms with Gasteiger partial charge in [-0.1, -0.05) is 29.3 Å². The van der Waals surface area contributed by atoms with E-state index in [1.54, 1.807) is 18.3 Å². The van der Waals surface area contributed by atoms with Crippen LogP contribution in [0.3, 0.4) is 0 Å². The van der Waals surface area contributed by atoms with Crippen LogP contribution in [0.15, 0.2) is 58.3 Å². The van der Waals surface area contributed by atoms with E-state index in [0.717, 1.165) is 16.7 Å². The SMILES string of the molecule is Cn1c(=O)c2c(nc3n(-c4cccc(C(F)(F)F)c4)c(-c4ccc(Cl)cc4Cl)cn23)n(C)c1=O. The van der Waals surface area contributed by atoms with Gasteiger partial charge in [-0.3, -0.25) is 22.9 Å². The summed E-state index contributed by atoms with van der Waals surface area (Å²) in [7, 11) is 2.80. The molecule has 0 aliphatic heterocycles. The van der Waals surface area contributed by atoms with Crippen molar-refractivity contribution in [2.75, 3.05) is 0 Å². The van der Waals surface area contributed by atoms with Gasteiger partial charge in [-0.05, 0) is 36.4 Å². The Morgan fingerprint density at radius 3 is 2.38 bits per heavy atom. The first-order valence-electron chi connectivity index (χ1n) is 9.81. The molecule has 12 heteroatoms. The van der Waals surface area contributed by atoms with Crippen LogP contribution in [-0.2, 0) is 20.3 Å². The van der Waals surface area contributed by atoms with Crippen molar-refractivity contribution in [2.24, 2.45) is 14.1 Å². The Labute approximate surface area is 198 Å². The zero-order chi connectivity index (χ0) is 24.5. The monoisotopic (exact) mass is 507 g/mol. The van der Waals surface area contributed by atoms with Crippen LogP contribution in [0, 0.1) is 0 Å². The number of hydrogen-bond acceptors (Lipinski definition) is 3. The maximum Gasteiger partial charge on any atom is 0.416 e. The molecule has 5 aromatic rings. The van der Waals surface area contributed by atoms with E-state index in [1.165, 1.54) is 45.8 Å². The van der Waals surface area contributed by atoms with Gasteiger partial charge in [-0.15, -0.1) is 0 Å². The van der Waals surface area contributed by atoms with E-state index < -0.39 is 23.0 Å². The quantitative estimate of drug-likeness (QED) is 0.348. The van der Waals surface area contributed by atoms with Crippen molar-refractivity contribution in [1.82, 2.24) is 23.1 Å². The molecule has 0 aliphatic carbocycles. The number of aromatic nitrogens is 5. The molecular formula is C22H14Cl2F3N5O2. The van der Waals surface area contributed by atoms with Crippen molar-refractivity contribution in [1.29, 1.82) is 0 Å². The standard InChI is InChI=1S/C22H14Cl2F3N5O2/c1-29-18-17(19(33)30(2)21(29)34)31-10-16(14-7-6-12(23)9-15(14)24)32(20(31)28-18)13-5-3-4-11(8-13)22(25,26)27/h3-10H,1-2H3. The highest BCUT2D eigenvalue weighted by Crippen LogP contribution is 2.36. The number of halogens is 5.